The Morgan fingerprint density at radius 2 is 2.00 bits per heavy atom. The maximum absolute atomic E-state index is 3.46. The van der Waals surface area contributed by atoms with E-state index in [-0.39, 0.29) is 0 Å². The van der Waals surface area contributed by atoms with Crippen molar-refractivity contribution in [3.05, 3.63) is 0 Å². The predicted octanol–water partition coefficient (Wildman–Crippen LogP) is 3.77. The van der Waals surface area contributed by atoms with E-state index in [1.54, 1.807) is 0 Å². The fraction of sp³-hybridized carbons (Fsp3) is 1.00. The van der Waals surface area contributed by atoms with Crippen LogP contribution in [0.15, 0.2) is 0 Å². The van der Waals surface area contributed by atoms with Crippen LogP contribution in [0.4, 0.5) is 0 Å². The molecule has 2 nitrogen and oxygen atoms in total. The molecule has 1 fully saturated rings. The summed E-state index contributed by atoms with van der Waals surface area (Å²) in [5, 5.41) is 3.46. The van der Waals surface area contributed by atoms with Gasteiger partial charge < -0.3 is 10.2 Å². The SMILES string of the molecule is CNCC1(CN(C)C(C)CC(C)C)CCCC(C)C1. The first-order valence-corrected chi connectivity index (χ1v) is 8.23. The second kappa shape index (κ2) is 7.64. The molecule has 1 aliphatic carbocycles. The summed E-state index contributed by atoms with van der Waals surface area (Å²) in [7, 11) is 4.43. The molecule has 1 rings (SSSR count). The zero-order valence-electron chi connectivity index (χ0n) is 14.1. The Morgan fingerprint density at radius 3 is 2.53 bits per heavy atom. The lowest BCUT2D eigenvalue weighted by Gasteiger charge is -2.44. The Balaban J connectivity index is 2.61. The molecule has 3 atom stereocenters. The van der Waals surface area contributed by atoms with Gasteiger partial charge in [-0.05, 0) is 57.5 Å². The van der Waals surface area contributed by atoms with Crippen molar-refractivity contribution in [2.45, 2.75) is 65.8 Å². The minimum atomic E-state index is 0.506. The summed E-state index contributed by atoms with van der Waals surface area (Å²) < 4.78 is 0. The molecule has 1 saturated carbocycles. The van der Waals surface area contributed by atoms with Crippen LogP contribution in [-0.2, 0) is 0 Å². The van der Waals surface area contributed by atoms with E-state index in [0.29, 0.717) is 11.5 Å². The molecule has 114 valence electrons. The lowest BCUT2D eigenvalue weighted by Crippen LogP contribution is -2.47. The highest BCUT2D eigenvalue weighted by atomic mass is 15.1. The molecule has 0 aromatic carbocycles. The first kappa shape index (κ1) is 17.0. The van der Waals surface area contributed by atoms with Gasteiger partial charge in [-0.3, -0.25) is 0 Å². The Hall–Kier alpha value is -0.0800. The third-order valence-corrected chi connectivity index (χ3v) is 4.89. The van der Waals surface area contributed by atoms with Crippen LogP contribution in [0.25, 0.3) is 0 Å². The molecular formula is C17H36N2. The third kappa shape index (κ3) is 5.43. The van der Waals surface area contributed by atoms with Crippen LogP contribution in [0.2, 0.25) is 0 Å². The van der Waals surface area contributed by atoms with Crippen LogP contribution in [-0.4, -0.2) is 38.1 Å². The zero-order valence-corrected chi connectivity index (χ0v) is 14.1. The van der Waals surface area contributed by atoms with E-state index in [2.05, 4.69) is 52.0 Å². The molecule has 0 amide bonds. The van der Waals surface area contributed by atoms with Gasteiger partial charge in [-0.25, -0.2) is 0 Å². The van der Waals surface area contributed by atoms with E-state index in [4.69, 9.17) is 0 Å². The highest BCUT2D eigenvalue weighted by Gasteiger charge is 2.36. The van der Waals surface area contributed by atoms with Gasteiger partial charge in [0.15, 0.2) is 0 Å². The maximum atomic E-state index is 3.46. The van der Waals surface area contributed by atoms with Gasteiger partial charge in [0.05, 0.1) is 0 Å². The third-order valence-electron chi connectivity index (χ3n) is 4.89. The van der Waals surface area contributed by atoms with E-state index < -0.39 is 0 Å². The lowest BCUT2D eigenvalue weighted by molar-refractivity contribution is 0.0730. The van der Waals surface area contributed by atoms with Crippen molar-refractivity contribution in [1.82, 2.24) is 10.2 Å². The Labute approximate surface area is 121 Å². The topological polar surface area (TPSA) is 15.3 Å². The molecule has 1 aliphatic rings. The summed E-state index contributed by atoms with van der Waals surface area (Å²) in [4.78, 5) is 2.61. The van der Waals surface area contributed by atoms with Crippen LogP contribution in [0.3, 0.4) is 0 Å². The van der Waals surface area contributed by atoms with Gasteiger partial charge in [0.1, 0.15) is 0 Å². The number of hydrogen-bond donors (Lipinski definition) is 1. The fourth-order valence-electron chi connectivity index (χ4n) is 4.05. The van der Waals surface area contributed by atoms with Gasteiger partial charge in [-0.15, -0.1) is 0 Å². The standard InChI is InChI=1S/C17H36N2/c1-14(2)10-16(4)19(6)13-17(12-18-5)9-7-8-15(3)11-17/h14-16,18H,7-13H2,1-6H3. The molecule has 0 saturated heterocycles. The molecule has 0 aliphatic heterocycles. The number of nitrogens with one attached hydrogen (secondary N) is 1. The highest BCUT2D eigenvalue weighted by Crippen LogP contribution is 2.39. The Kier molecular flexibility index (Phi) is 6.82. The average Bonchev–Trinajstić information content (AvgIpc) is 2.27. The van der Waals surface area contributed by atoms with Gasteiger partial charge >= 0.3 is 0 Å². The van der Waals surface area contributed by atoms with Crippen LogP contribution < -0.4 is 5.32 Å². The molecule has 19 heavy (non-hydrogen) atoms. The zero-order chi connectivity index (χ0) is 14.5. The first-order valence-electron chi connectivity index (χ1n) is 8.23. The normalized spacial score (nSPS) is 30.0. The van der Waals surface area contributed by atoms with Gasteiger partial charge in [0.25, 0.3) is 0 Å². The minimum Gasteiger partial charge on any atom is -0.319 e. The molecule has 0 heterocycles. The molecule has 0 radical (unpaired) electrons. The van der Waals surface area contributed by atoms with Crippen LogP contribution in [0, 0.1) is 17.3 Å². The van der Waals surface area contributed by atoms with Crippen LogP contribution in [0.1, 0.15) is 59.8 Å². The van der Waals surface area contributed by atoms with E-state index in [9.17, 15) is 0 Å². The van der Waals surface area contributed by atoms with Crippen LogP contribution in [0.5, 0.6) is 0 Å². The average molecular weight is 268 g/mol. The monoisotopic (exact) mass is 268 g/mol. The molecule has 3 unspecified atom stereocenters. The second-order valence-electron chi connectivity index (χ2n) is 7.63. The van der Waals surface area contributed by atoms with Crippen molar-refractivity contribution in [3.8, 4) is 0 Å². The summed E-state index contributed by atoms with van der Waals surface area (Å²) in [6, 6.07) is 0.700. The van der Waals surface area contributed by atoms with E-state index >= 15 is 0 Å². The van der Waals surface area contributed by atoms with Crippen molar-refractivity contribution in [1.29, 1.82) is 0 Å². The van der Waals surface area contributed by atoms with Gasteiger partial charge in [-0.1, -0.05) is 33.6 Å². The largest absolute Gasteiger partial charge is 0.319 e. The summed E-state index contributed by atoms with van der Waals surface area (Å²) in [6.07, 6.45) is 6.94. The van der Waals surface area contributed by atoms with Crippen molar-refractivity contribution < 1.29 is 0 Å². The number of nitrogens with zero attached hydrogens (tertiary/aromatic N) is 1. The van der Waals surface area contributed by atoms with Gasteiger partial charge in [-0.2, -0.15) is 0 Å². The molecule has 0 aromatic heterocycles. The maximum Gasteiger partial charge on any atom is 0.00665 e. The van der Waals surface area contributed by atoms with E-state index in [0.717, 1.165) is 11.8 Å². The van der Waals surface area contributed by atoms with Crippen molar-refractivity contribution in [2.24, 2.45) is 17.3 Å². The molecular weight excluding hydrogens is 232 g/mol. The van der Waals surface area contributed by atoms with Crippen molar-refractivity contribution in [3.63, 3.8) is 0 Å². The smallest absolute Gasteiger partial charge is 0.00665 e. The lowest BCUT2D eigenvalue weighted by atomic mass is 9.69. The Bertz CT molecular complexity index is 248. The molecule has 0 bridgehead atoms. The van der Waals surface area contributed by atoms with Crippen molar-refractivity contribution in [2.75, 3.05) is 27.2 Å². The van der Waals surface area contributed by atoms with Crippen LogP contribution >= 0.6 is 0 Å². The second-order valence-corrected chi connectivity index (χ2v) is 7.63. The molecule has 0 aromatic rings. The summed E-state index contributed by atoms with van der Waals surface area (Å²) >= 11 is 0. The summed E-state index contributed by atoms with van der Waals surface area (Å²) in [6.45, 7) is 11.9. The highest BCUT2D eigenvalue weighted by molar-refractivity contribution is 4.90. The Morgan fingerprint density at radius 1 is 1.32 bits per heavy atom. The van der Waals surface area contributed by atoms with Gasteiger partial charge in [0, 0.05) is 19.1 Å². The van der Waals surface area contributed by atoms with Gasteiger partial charge in [0.2, 0.25) is 0 Å². The molecule has 2 heteroatoms. The van der Waals surface area contributed by atoms with Crippen molar-refractivity contribution >= 4 is 0 Å². The van der Waals surface area contributed by atoms with E-state index in [1.165, 1.54) is 45.2 Å². The molecule has 1 N–H and O–H groups in total. The predicted molar refractivity (Wildman–Crippen MR) is 85.5 cm³/mol. The number of hydrogen-bond acceptors (Lipinski definition) is 2. The quantitative estimate of drug-likeness (QED) is 0.756. The minimum absolute atomic E-state index is 0.506. The number of rotatable bonds is 7. The summed E-state index contributed by atoms with van der Waals surface area (Å²) in [5.74, 6) is 1.69. The van der Waals surface area contributed by atoms with E-state index in [1.807, 2.05) is 0 Å². The fourth-order valence-corrected chi connectivity index (χ4v) is 4.05. The molecule has 0 spiro atoms. The summed E-state index contributed by atoms with van der Waals surface area (Å²) in [5.41, 5.74) is 0.506. The first-order chi connectivity index (χ1) is 8.88.